The van der Waals surface area contributed by atoms with E-state index < -0.39 is 0 Å². The molecule has 0 saturated heterocycles. The zero-order valence-corrected chi connectivity index (χ0v) is 12.8. The molecule has 0 aliphatic heterocycles. The summed E-state index contributed by atoms with van der Waals surface area (Å²) in [6, 6.07) is 5.84. The van der Waals surface area contributed by atoms with Gasteiger partial charge in [0.1, 0.15) is 0 Å². The maximum Gasteiger partial charge on any atom is 0.228 e. The van der Waals surface area contributed by atoms with E-state index in [1.54, 1.807) is 14.2 Å². The summed E-state index contributed by atoms with van der Waals surface area (Å²) < 4.78 is 15.8. The highest BCUT2D eigenvalue weighted by molar-refractivity contribution is 5.60. The molecule has 0 spiro atoms. The van der Waals surface area contributed by atoms with Gasteiger partial charge in [-0.1, -0.05) is 12.1 Å². The molecule has 0 saturated carbocycles. The van der Waals surface area contributed by atoms with Gasteiger partial charge in [-0.2, -0.15) is 4.98 Å². The first-order valence-electron chi connectivity index (χ1n) is 6.96. The number of likely N-dealkylation sites (N-methyl/N-ethyl adjacent to an activating group) is 1. The molecule has 0 aliphatic carbocycles. The summed E-state index contributed by atoms with van der Waals surface area (Å²) in [7, 11) is 3.20. The van der Waals surface area contributed by atoms with Crippen LogP contribution >= 0.6 is 0 Å². The van der Waals surface area contributed by atoms with Gasteiger partial charge in [-0.15, -0.1) is 0 Å². The summed E-state index contributed by atoms with van der Waals surface area (Å²) in [5.74, 6) is 2.48. The number of nitrogens with one attached hydrogen (secondary N) is 1. The van der Waals surface area contributed by atoms with Gasteiger partial charge in [0.05, 0.1) is 14.2 Å². The van der Waals surface area contributed by atoms with Gasteiger partial charge < -0.3 is 19.3 Å². The molecule has 1 aromatic heterocycles. The van der Waals surface area contributed by atoms with Crippen LogP contribution in [0.5, 0.6) is 11.5 Å². The lowest BCUT2D eigenvalue weighted by atomic mass is 10.2. The molecule has 1 aromatic carbocycles. The van der Waals surface area contributed by atoms with E-state index >= 15 is 0 Å². The molecule has 114 valence electrons. The zero-order valence-electron chi connectivity index (χ0n) is 12.8. The van der Waals surface area contributed by atoms with E-state index in [1.165, 1.54) is 0 Å². The van der Waals surface area contributed by atoms with Crippen LogP contribution in [-0.2, 0) is 6.42 Å². The van der Waals surface area contributed by atoms with E-state index in [-0.39, 0.29) is 0 Å². The predicted molar refractivity (Wildman–Crippen MR) is 79.7 cm³/mol. The molecular weight excluding hydrogens is 270 g/mol. The summed E-state index contributed by atoms with van der Waals surface area (Å²) in [5, 5.41) is 7.33. The number of hydrogen-bond acceptors (Lipinski definition) is 6. The van der Waals surface area contributed by atoms with Crippen molar-refractivity contribution in [1.82, 2.24) is 15.5 Å². The molecule has 0 radical (unpaired) electrons. The Hall–Kier alpha value is -2.08. The fourth-order valence-electron chi connectivity index (χ4n) is 2.11. The Morgan fingerprint density at radius 2 is 2.00 bits per heavy atom. The Balaban J connectivity index is 2.17. The van der Waals surface area contributed by atoms with Crippen LogP contribution < -0.4 is 14.8 Å². The van der Waals surface area contributed by atoms with Crippen LogP contribution in [0.2, 0.25) is 0 Å². The molecule has 21 heavy (non-hydrogen) atoms. The van der Waals surface area contributed by atoms with Crippen LogP contribution in [0.15, 0.2) is 22.7 Å². The maximum atomic E-state index is 5.29. The van der Waals surface area contributed by atoms with Gasteiger partial charge in [-0.05, 0) is 31.7 Å². The fraction of sp³-hybridized carbons (Fsp3) is 0.467. The van der Waals surface area contributed by atoms with Gasteiger partial charge in [0, 0.05) is 18.0 Å². The van der Waals surface area contributed by atoms with Crippen molar-refractivity contribution in [2.45, 2.75) is 26.3 Å². The summed E-state index contributed by atoms with van der Waals surface area (Å²) in [6.45, 7) is 5.07. The Labute approximate surface area is 124 Å². The fourth-order valence-corrected chi connectivity index (χ4v) is 2.11. The quantitative estimate of drug-likeness (QED) is 0.844. The van der Waals surface area contributed by atoms with Crippen LogP contribution in [0.4, 0.5) is 0 Å². The first-order chi connectivity index (χ1) is 10.2. The molecular formula is C15H21N3O3. The average Bonchev–Trinajstić information content (AvgIpc) is 2.95. The summed E-state index contributed by atoms with van der Waals surface area (Å²) in [5.41, 5.74) is 0.832. The minimum atomic E-state index is 0.300. The van der Waals surface area contributed by atoms with Crippen molar-refractivity contribution in [2.24, 2.45) is 0 Å². The van der Waals surface area contributed by atoms with Gasteiger partial charge in [0.25, 0.3) is 0 Å². The second-order valence-corrected chi connectivity index (χ2v) is 4.74. The zero-order chi connectivity index (χ0) is 15.2. The van der Waals surface area contributed by atoms with Crippen molar-refractivity contribution in [1.29, 1.82) is 0 Å². The standard InChI is InChI=1S/C15H21N3O3/c1-5-16-10(2)8-14-17-15(18-21-14)11-6-7-12(19-3)13(9-11)20-4/h6-7,9-10,16H,5,8H2,1-4H3. The molecule has 0 amide bonds. The summed E-state index contributed by atoms with van der Waals surface area (Å²) in [6.07, 6.45) is 0.703. The first-order valence-corrected chi connectivity index (χ1v) is 6.96. The SMILES string of the molecule is CCNC(C)Cc1nc(-c2ccc(OC)c(OC)c2)no1. The number of benzene rings is 1. The van der Waals surface area contributed by atoms with Crippen molar-refractivity contribution in [2.75, 3.05) is 20.8 Å². The highest BCUT2D eigenvalue weighted by Gasteiger charge is 2.13. The van der Waals surface area contributed by atoms with E-state index in [0.717, 1.165) is 12.1 Å². The Morgan fingerprint density at radius 1 is 1.24 bits per heavy atom. The second kappa shape index (κ2) is 7.08. The molecule has 6 nitrogen and oxygen atoms in total. The molecule has 1 atom stereocenters. The first kappa shape index (κ1) is 15.3. The predicted octanol–water partition coefficient (Wildman–Crippen LogP) is 2.29. The summed E-state index contributed by atoms with van der Waals surface area (Å²) in [4.78, 5) is 4.42. The molecule has 0 fully saturated rings. The van der Waals surface area contributed by atoms with Gasteiger partial charge in [-0.3, -0.25) is 0 Å². The minimum Gasteiger partial charge on any atom is -0.493 e. The van der Waals surface area contributed by atoms with E-state index in [4.69, 9.17) is 14.0 Å². The van der Waals surface area contributed by atoms with Gasteiger partial charge in [-0.25, -0.2) is 0 Å². The molecule has 1 unspecified atom stereocenters. The molecule has 0 bridgehead atoms. The Morgan fingerprint density at radius 3 is 2.67 bits per heavy atom. The number of hydrogen-bond donors (Lipinski definition) is 1. The Kier molecular flexibility index (Phi) is 5.16. The van der Waals surface area contributed by atoms with Crippen LogP contribution in [0.3, 0.4) is 0 Å². The third-order valence-corrected chi connectivity index (χ3v) is 3.14. The van der Waals surface area contributed by atoms with Crippen molar-refractivity contribution >= 4 is 0 Å². The lowest BCUT2D eigenvalue weighted by molar-refractivity contribution is 0.355. The topological polar surface area (TPSA) is 69.4 Å². The average molecular weight is 291 g/mol. The maximum absolute atomic E-state index is 5.29. The summed E-state index contributed by atoms with van der Waals surface area (Å²) >= 11 is 0. The smallest absolute Gasteiger partial charge is 0.228 e. The molecule has 1 N–H and O–H groups in total. The lowest BCUT2D eigenvalue weighted by Gasteiger charge is -2.08. The number of aromatic nitrogens is 2. The highest BCUT2D eigenvalue weighted by Crippen LogP contribution is 2.31. The van der Waals surface area contributed by atoms with Crippen molar-refractivity contribution in [3.8, 4) is 22.9 Å². The van der Waals surface area contributed by atoms with Crippen LogP contribution in [0.1, 0.15) is 19.7 Å². The second-order valence-electron chi connectivity index (χ2n) is 4.74. The van der Waals surface area contributed by atoms with Crippen molar-refractivity contribution in [3.05, 3.63) is 24.1 Å². The van der Waals surface area contributed by atoms with Crippen LogP contribution in [-0.4, -0.2) is 36.9 Å². The normalized spacial score (nSPS) is 12.2. The Bertz CT molecular complexity index is 583. The molecule has 0 aliphatic rings. The molecule has 2 aromatic rings. The van der Waals surface area contributed by atoms with Gasteiger partial charge in [0.15, 0.2) is 11.5 Å². The number of methoxy groups -OCH3 is 2. The van der Waals surface area contributed by atoms with Crippen LogP contribution in [0, 0.1) is 0 Å². The van der Waals surface area contributed by atoms with Crippen molar-refractivity contribution in [3.63, 3.8) is 0 Å². The number of ether oxygens (including phenoxy) is 2. The third kappa shape index (κ3) is 3.72. The molecule has 2 rings (SSSR count). The third-order valence-electron chi connectivity index (χ3n) is 3.14. The van der Waals surface area contributed by atoms with E-state index in [1.807, 2.05) is 18.2 Å². The molecule has 1 heterocycles. The minimum absolute atomic E-state index is 0.300. The monoisotopic (exact) mass is 291 g/mol. The lowest BCUT2D eigenvalue weighted by Crippen LogP contribution is -2.27. The van der Waals surface area contributed by atoms with E-state index in [0.29, 0.717) is 35.7 Å². The van der Waals surface area contributed by atoms with Gasteiger partial charge in [0.2, 0.25) is 11.7 Å². The van der Waals surface area contributed by atoms with Gasteiger partial charge >= 0.3 is 0 Å². The largest absolute Gasteiger partial charge is 0.493 e. The number of nitrogens with zero attached hydrogens (tertiary/aromatic N) is 2. The van der Waals surface area contributed by atoms with E-state index in [2.05, 4.69) is 29.3 Å². The van der Waals surface area contributed by atoms with E-state index in [9.17, 15) is 0 Å². The number of rotatable bonds is 7. The van der Waals surface area contributed by atoms with Crippen LogP contribution in [0.25, 0.3) is 11.4 Å². The van der Waals surface area contributed by atoms with Crippen molar-refractivity contribution < 1.29 is 14.0 Å². The highest BCUT2D eigenvalue weighted by atomic mass is 16.5. The molecule has 6 heteroatoms.